The number of nitriles is 1. The number of aromatic nitrogens is 1. The average Bonchev–Trinajstić information content (AvgIpc) is 2.97. The molecule has 1 aromatic heterocycles. The van der Waals surface area contributed by atoms with Crippen molar-refractivity contribution in [1.29, 1.82) is 5.26 Å². The van der Waals surface area contributed by atoms with E-state index in [1.54, 1.807) is 37.6 Å². The van der Waals surface area contributed by atoms with Gasteiger partial charge in [0, 0.05) is 43.7 Å². The van der Waals surface area contributed by atoms with Gasteiger partial charge >= 0.3 is 12.0 Å². The van der Waals surface area contributed by atoms with Gasteiger partial charge in [0.2, 0.25) is 6.19 Å². The maximum atomic E-state index is 13.8. The Morgan fingerprint density at radius 3 is 2.76 bits per heavy atom. The van der Waals surface area contributed by atoms with Crippen molar-refractivity contribution in [3.8, 4) is 6.19 Å². The van der Waals surface area contributed by atoms with Crippen LogP contribution in [0.25, 0.3) is 10.8 Å². The van der Waals surface area contributed by atoms with Gasteiger partial charge in [-0.1, -0.05) is 36.6 Å². The molecular formula is C30H33ClF2N6O3. The number of carbonyl (C=O) groups is 2. The molecule has 0 spiro atoms. The molecule has 0 unspecified atom stereocenters. The molecule has 0 aliphatic carbocycles. The number of fused-ring (bicyclic) bond motifs is 1. The number of aryl methyl sites for hydroxylation is 1. The van der Waals surface area contributed by atoms with E-state index in [0.29, 0.717) is 48.7 Å². The lowest BCUT2D eigenvalue weighted by Gasteiger charge is -2.28. The summed E-state index contributed by atoms with van der Waals surface area (Å²) < 4.78 is 32.9. The third-order valence-electron chi connectivity index (χ3n) is 6.76. The van der Waals surface area contributed by atoms with Crippen LogP contribution in [0.1, 0.15) is 49.8 Å². The van der Waals surface area contributed by atoms with E-state index in [1.165, 1.54) is 29.2 Å². The van der Waals surface area contributed by atoms with Crippen molar-refractivity contribution in [1.82, 2.24) is 15.2 Å². The highest BCUT2D eigenvalue weighted by Crippen LogP contribution is 2.20. The Hall–Kier alpha value is -4.30. The number of esters is 1. The number of nitrogens with two attached hydrogens (primary N) is 1. The lowest BCUT2D eigenvalue weighted by molar-refractivity contribution is -0.145. The van der Waals surface area contributed by atoms with Crippen molar-refractivity contribution in [2.75, 3.05) is 13.7 Å². The Bertz CT molecular complexity index is 1460. The second-order valence-electron chi connectivity index (χ2n) is 9.79. The van der Waals surface area contributed by atoms with Crippen molar-refractivity contribution >= 4 is 40.2 Å². The maximum absolute atomic E-state index is 13.8. The van der Waals surface area contributed by atoms with Crippen LogP contribution in [0.5, 0.6) is 0 Å². The number of rotatable bonds is 14. The summed E-state index contributed by atoms with van der Waals surface area (Å²) in [7, 11) is 1.59. The number of amidine groups is 1. The van der Waals surface area contributed by atoms with Gasteiger partial charge in [-0.05, 0) is 54.1 Å². The monoisotopic (exact) mass is 598 g/mol. The molecule has 0 aliphatic rings. The summed E-state index contributed by atoms with van der Waals surface area (Å²) in [5, 5.41) is 12.7. The molecule has 0 fully saturated rings. The standard InChI is InChI=1S/C30H33ClF2N6O3/c1-39(30(41)37-17-21-6-5-8-26(33)29(21)31)25(7-3-2-4-9-27(35)38-19-34)18-42-28(40)13-12-24-15-22-14-23(32)11-10-20(22)16-36-24/h5-6,8,10-11,14-16,25H,2-4,7,9,12-13,17-18H2,1H3,(H2,35,38)(H,37,41)/t25-/m0/s1. The highest BCUT2D eigenvalue weighted by Gasteiger charge is 2.22. The fourth-order valence-corrected chi connectivity index (χ4v) is 4.50. The SMILES string of the molecule is CN(C(=O)NCc1cccc(F)c1Cl)[C@@H](CCCCCC(N)=NC#N)COC(=O)CCc1cc2cc(F)ccc2cn1. The van der Waals surface area contributed by atoms with Gasteiger partial charge in [-0.15, -0.1) is 0 Å². The van der Waals surface area contributed by atoms with Gasteiger partial charge in [0.15, 0.2) is 0 Å². The van der Waals surface area contributed by atoms with Gasteiger partial charge in [-0.3, -0.25) is 9.78 Å². The van der Waals surface area contributed by atoms with Crippen molar-refractivity contribution in [2.45, 2.75) is 57.5 Å². The average molecular weight is 599 g/mol. The summed E-state index contributed by atoms with van der Waals surface area (Å²) in [6, 6.07) is 9.65. The molecule has 0 radical (unpaired) electrons. The smallest absolute Gasteiger partial charge is 0.317 e. The van der Waals surface area contributed by atoms with E-state index in [0.717, 1.165) is 11.8 Å². The molecule has 2 aromatic carbocycles. The van der Waals surface area contributed by atoms with Gasteiger partial charge in [0.25, 0.3) is 0 Å². The molecule has 12 heteroatoms. The third-order valence-corrected chi connectivity index (χ3v) is 7.18. The molecule has 42 heavy (non-hydrogen) atoms. The van der Waals surface area contributed by atoms with Crippen LogP contribution in [-0.2, 0) is 22.5 Å². The second-order valence-corrected chi connectivity index (χ2v) is 10.2. The number of halogens is 3. The quantitative estimate of drug-likeness (QED) is 0.0811. The number of urea groups is 1. The number of nitrogens with zero attached hydrogens (tertiary/aromatic N) is 4. The fourth-order valence-electron chi connectivity index (χ4n) is 4.30. The van der Waals surface area contributed by atoms with E-state index in [-0.39, 0.29) is 36.2 Å². The first kappa shape index (κ1) is 32.2. The lowest BCUT2D eigenvalue weighted by atomic mass is 10.1. The van der Waals surface area contributed by atoms with E-state index >= 15 is 0 Å². The molecule has 3 N–H and O–H groups in total. The minimum atomic E-state index is -0.576. The summed E-state index contributed by atoms with van der Waals surface area (Å²) in [5.41, 5.74) is 6.72. The normalized spacial score (nSPS) is 12.0. The van der Waals surface area contributed by atoms with Crippen LogP contribution in [0, 0.1) is 23.1 Å². The molecule has 0 saturated heterocycles. The Labute approximate surface area is 248 Å². The summed E-state index contributed by atoms with van der Waals surface area (Å²) in [4.78, 5) is 34.8. The zero-order valence-corrected chi connectivity index (χ0v) is 24.0. The van der Waals surface area contributed by atoms with Gasteiger partial charge < -0.3 is 20.7 Å². The van der Waals surface area contributed by atoms with Gasteiger partial charge in [0.1, 0.15) is 24.1 Å². The maximum Gasteiger partial charge on any atom is 0.317 e. The molecular weight excluding hydrogens is 566 g/mol. The number of benzene rings is 2. The number of hydrogen-bond acceptors (Lipinski definition) is 6. The van der Waals surface area contributed by atoms with Crippen LogP contribution in [-0.4, -0.2) is 47.4 Å². The second kappa shape index (κ2) is 16.2. The largest absolute Gasteiger partial charge is 0.463 e. The summed E-state index contributed by atoms with van der Waals surface area (Å²) in [6.07, 6.45) is 6.85. The third kappa shape index (κ3) is 9.96. The number of likely N-dealkylation sites (N-methyl/N-ethyl adjacent to an activating group) is 1. The number of amides is 2. The van der Waals surface area contributed by atoms with Gasteiger partial charge in [-0.2, -0.15) is 10.3 Å². The Morgan fingerprint density at radius 2 is 1.98 bits per heavy atom. The molecule has 0 saturated carbocycles. The number of ether oxygens (including phenoxy) is 1. The Morgan fingerprint density at radius 1 is 1.17 bits per heavy atom. The topological polar surface area (TPSA) is 134 Å². The van der Waals surface area contributed by atoms with Crippen molar-refractivity contribution in [3.63, 3.8) is 0 Å². The van der Waals surface area contributed by atoms with E-state index in [4.69, 9.17) is 27.3 Å². The van der Waals surface area contributed by atoms with Crippen molar-refractivity contribution in [3.05, 3.63) is 76.6 Å². The first-order chi connectivity index (χ1) is 20.2. The highest BCUT2D eigenvalue weighted by atomic mass is 35.5. The minimum absolute atomic E-state index is 0.0203. The van der Waals surface area contributed by atoms with E-state index < -0.39 is 23.9 Å². The number of aliphatic imine (C=N–C) groups is 1. The van der Waals surface area contributed by atoms with Crippen molar-refractivity contribution in [2.24, 2.45) is 10.7 Å². The fraction of sp³-hybridized carbons (Fsp3) is 0.367. The zero-order chi connectivity index (χ0) is 30.5. The predicted molar refractivity (Wildman–Crippen MR) is 156 cm³/mol. The molecule has 222 valence electrons. The van der Waals surface area contributed by atoms with Gasteiger partial charge in [0.05, 0.1) is 17.5 Å². The Balaban J connectivity index is 1.56. The van der Waals surface area contributed by atoms with Crippen LogP contribution in [0.15, 0.2) is 53.7 Å². The van der Waals surface area contributed by atoms with Gasteiger partial charge in [-0.25, -0.2) is 13.6 Å². The van der Waals surface area contributed by atoms with E-state index in [9.17, 15) is 18.4 Å². The molecule has 1 atom stereocenters. The van der Waals surface area contributed by atoms with Crippen LogP contribution in [0.3, 0.4) is 0 Å². The molecule has 0 aliphatic heterocycles. The highest BCUT2D eigenvalue weighted by molar-refractivity contribution is 6.31. The summed E-state index contributed by atoms with van der Waals surface area (Å²) in [5.74, 6) is -1.12. The number of carbonyl (C=O) groups excluding carboxylic acids is 2. The number of unbranched alkanes of at least 4 members (excludes halogenated alkanes) is 2. The van der Waals surface area contributed by atoms with Crippen LogP contribution in [0.2, 0.25) is 5.02 Å². The minimum Gasteiger partial charge on any atom is -0.463 e. The van der Waals surface area contributed by atoms with E-state index in [1.807, 2.05) is 0 Å². The van der Waals surface area contributed by atoms with Crippen LogP contribution >= 0.6 is 11.6 Å². The molecule has 3 aromatic rings. The first-order valence-corrected chi connectivity index (χ1v) is 13.9. The zero-order valence-electron chi connectivity index (χ0n) is 23.3. The van der Waals surface area contributed by atoms with Crippen molar-refractivity contribution < 1.29 is 23.1 Å². The number of nitrogens with one attached hydrogen (secondary N) is 1. The molecule has 2 amide bonds. The molecule has 9 nitrogen and oxygen atoms in total. The molecule has 0 bridgehead atoms. The number of hydrogen-bond donors (Lipinski definition) is 2. The molecule has 1 heterocycles. The first-order valence-electron chi connectivity index (χ1n) is 13.5. The molecule has 3 rings (SSSR count). The number of pyridine rings is 1. The predicted octanol–water partition coefficient (Wildman–Crippen LogP) is 5.64. The Kier molecular flexibility index (Phi) is 12.4. The summed E-state index contributed by atoms with van der Waals surface area (Å²) >= 11 is 6.00. The van der Waals surface area contributed by atoms with E-state index in [2.05, 4.69) is 15.3 Å². The van der Waals surface area contributed by atoms with Crippen LogP contribution in [0.4, 0.5) is 13.6 Å². The lowest BCUT2D eigenvalue weighted by Crippen LogP contribution is -2.45. The summed E-state index contributed by atoms with van der Waals surface area (Å²) in [6.45, 7) is -0.00962. The van der Waals surface area contributed by atoms with Crippen LogP contribution < -0.4 is 11.1 Å².